The van der Waals surface area contributed by atoms with Crippen molar-refractivity contribution in [1.29, 1.82) is 0 Å². The van der Waals surface area contributed by atoms with Crippen LogP contribution in [0.5, 0.6) is 0 Å². The van der Waals surface area contributed by atoms with Gasteiger partial charge in [0.1, 0.15) is 5.82 Å². The Bertz CT molecular complexity index is 745. The van der Waals surface area contributed by atoms with Crippen molar-refractivity contribution in [1.82, 2.24) is 15.6 Å². The molecular formula is C19H25FN4S. The predicted molar refractivity (Wildman–Crippen MR) is 102 cm³/mol. The summed E-state index contributed by atoms with van der Waals surface area (Å²) in [5.41, 5.74) is 2.24. The van der Waals surface area contributed by atoms with E-state index in [2.05, 4.69) is 27.5 Å². The fourth-order valence-electron chi connectivity index (χ4n) is 2.94. The first-order valence-electron chi connectivity index (χ1n) is 8.66. The first-order valence-corrected chi connectivity index (χ1v) is 9.47. The highest BCUT2D eigenvalue weighted by Crippen LogP contribution is 2.47. The number of hydrogen-bond acceptors (Lipinski definition) is 3. The molecule has 2 N–H and O–H groups in total. The summed E-state index contributed by atoms with van der Waals surface area (Å²) in [5.74, 6) is 0.619. The molecule has 1 aromatic heterocycles. The Labute approximate surface area is 152 Å². The number of hydrogen-bond donors (Lipinski definition) is 2. The minimum Gasteiger partial charge on any atom is -0.356 e. The molecule has 0 aliphatic heterocycles. The van der Waals surface area contributed by atoms with Crippen LogP contribution in [0.1, 0.15) is 34.0 Å². The molecular weight excluding hydrogens is 335 g/mol. The van der Waals surface area contributed by atoms with E-state index >= 15 is 0 Å². The Morgan fingerprint density at radius 3 is 2.72 bits per heavy atom. The lowest BCUT2D eigenvalue weighted by Gasteiger charge is -2.19. The second-order valence-electron chi connectivity index (χ2n) is 6.64. The lowest BCUT2D eigenvalue weighted by Crippen LogP contribution is -2.42. The van der Waals surface area contributed by atoms with Gasteiger partial charge in [-0.05, 0) is 44.4 Å². The number of aliphatic imine (C=N–C) groups is 1. The number of thiazole rings is 1. The van der Waals surface area contributed by atoms with E-state index in [0.717, 1.165) is 54.6 Å². The van der Waals surface area contributed by atoms with Gasteiger partial charge in [-0.1, -0.05) is 12.1 Å². The van der Waals surface area contributed by atoms with Crippen molar-refractivity contribution in [3.8, 4) is 0 Å². The molecule has 1 aliphatic carbocycles. The molecule has 4 nitrogen and oxygen atoms in total. The molecule has 6 heteroatoms. The summed E-state index contributed by atoms with van der Waals surface area (Å²) in [4.78, 5) is 10.1. The monoisotopic (exact) mass is 360 g/mol. The molecule has 0 amide bonds. The molecule has 0 saturated heterocycles. The highest BCUT2D eigenvalue weighted by molar-refractivity contribution is 7.11. The average molecular weight is 361 g/mol. The van der Waals surface area contributed by atoms with E-state index < -0.39 is 0 Å². The fraction of sp³-hybridized carbons (Fsp3) is 0.474. The van der Waals surface area contributed by atoms with Crippen LogP contribution in [0.4, 0.5) is 4.39 Å². The maximum Gasteiger partial charge on any atom is 0.191 e. The van der Waals surface area contributed by atoms with E-state index in [9.17, 15) is 4.39 Å². The minimum atomic E-state index is -0.166. The van der Waals surface area contributed by atoms with E-state index in [1.165, 1.54) is 10.9 Å². The lowest BCUT2D eigenvalue weighted by molar-refractivity contribution is 0.607. The summed E-state index contributed by atoms with van der Waals surface area (Å²) in [5, 5.41) is 7.88. The van der Waals surface area contributed by atoms with Gasteiger partial charge in [-0.15, -0.1) is 11.3 Å². The Balaban J connectivity index is 1.49. The third kappa shape index (κ3) is 4.37. The first kappa shape index (κ1) is 17.9. The molecule has 1 heterocycles. The molecule has 0 bridgehead atoms. The minimum absolute atomic E-state index is 0.0449. The number of nitrogens with zero attached hydrogens (tertiary/aromatic N) is 2. The molecule has 0 unspecified atom stereocenters. The predicted octanol–water partition coefficient (Wildman–Crippen LogP) is 3.34. The number of guanidine groups is 1. The van der Waals surface area contributed by atoms with Gasteiger partial charge in [-0.2, -0.15) is 0 Å². The van der Waals surface area contributed by atoms with Gasteiger partial charge in [0.2, 0.25) is 0 Å². The van der Waals surface area contributed by atoms with Gasteiger partial charge >= 0.3 is 0 Å². The van der Waals surface area contributed by atoms with Crippen molar-refractivity contribution in [2.24, 2.45) is 4.99 Å². The van der Waals surface area contributed by atoms with Crippen LogP contribution >= 0.6 is 11.3 Å². The molecule has 1 aromatic carbocycles. The molecule has 0 spiro atoms. The van der Waals surface area contributed by atoms with Crippen LogP contribution in [0.15, 0.2) is 29.3 Å². The van der Waals surface area contributed by atoms with Gasteiger partial charge in [0, 0.05) is 36.9 Å². The van der Waals surface area contributed by atoms with Crippen molar-refractivity contribution in [3.05, 3.63) is 51.2 Å². The molecule has 3 rings (SSSR count). The third-order valence-corrected chi connectivity index (χ3v) is 5.95. The summed E-state index contributed by atoms with van der Waals surface area (Å²) in [6.45, 7) is 5.71. The van der Waals surface area contributed by atoms with E-state index in [1.54, 1.807) is 30.5 Å². The SMILES string of the molecule is CN=C(NCCc1nc(C)c(C)s1)NCC1(c2cccc(F)c2)CC1. The van der Waals surface area contributed by atoms with Crippen LogP contribution in [0.2, 0.25) is 0 Å². The van der Waals surface area contributed by atoms with Crippen LogP contribution in [0.3, 0.4) is 0 Å². The number of benzene rings is 1. The average Bonchev–Trinajstić information content (AvgIpc) is 3.32. The van der Waals surface area contributed by atoms with Crippen molar-refractivity contribution >= 4 is 17.3 Å². The Hall–Kier alpha value is -1.95. The normalized spacial score (nSPS) is 15.9. The van der Waals surface area contributed by atoms with Crippen molar-refractivity contribution < 1.29 is 4.39 Å². The Morgan fingerprint density at radius 2 is 2.12 bits per heavy atom. The molecule has 0 radical (unpaired) electrons. The molecule has 1 aliphatic rings. The van der Waals surface area contributed by atoms with E-state index in [0.29, 0.717) is 0 Å². The van der Waals surface area contributed by atoms with Gasteiger partial charge in [0.05, 0.1) is 10.7 Å². The van der Waals surface area contributed by atoms with Crippen molar-refractivity contribution in [2.45, 2.75) is 38.5 Å². The highest BCUT2D eigenvalue weighted by Gasteiger charge is 2.44. The van der Waals surface area contributed by atoms with Crippen molar-refractivity contribution in [3.63, 3.8) is 0 Å². The third-order valence-electron chi connectivity index (χ3n) is 4.81. The van der Waals surface area contributed by atoms with Crippen molar-refractivity contribution in [2.75, 3.05) is 20.1 Å². The second kappa shape index (κ2) is 7.52. The van der Waals surface area contributed by atoms with Crippen LogP contribution in [-0.4, -0.2) is 31.1 Å². The largest absolute Gasteiger partial charge is 0.356 e. The number of aryl methyl sites for hydroxylation is 2. The number of rotatable bonds is 6. The van der Waals surface area contributed by atoms with Gasteiger partial charge < -0.3 is 10.6 Å². The summed E-state index contributed by atoms with van der Waals surface area (Å²) < 4.78 is 13.5. The maximum absolute atomic E-state index is 13.5. The van der Waals surface area contributed by atoms with Crippen LogP contribution in [0, 0.1) is 19.7 Å². The Morgan fingerprint density at radius 1 is 1.32 bits per heavy atom. The lowest BCUT2D eigenvalue weighted by atomic mass is 9.96. The molecule has 1 fully saturated rings. The zero-order valence-corrected chi connectivity index (χ0v) is 15.8. The smallest absolute Gasteiger partial charge is 0.191 e. The molecule has 134 valence electrons. The van der Waals surface area contributed by atoms with Gasteiger partial charge in [0.15, 0.2) is 5.96 Å². The fourth-order valence-corrected chi connectivity index (χ4v) is 3.88. The van der Waals surface area contributed by atoms with Gasteiger partial charge in [-0.3, -0.25) is 4.99 Å². The first-order chi connectivity index (χ1) is 12.0. The standard InChI is InChI=1S/C19H25FN4S/c1-13-14(2)25-17(24-13)7-10-22-18(21-3)23-12-19(8-9-19)15-5-4-6-16(20)11-15/h4-6,11H,7-10,12H2,1-3H3,(H2,21,22,23). The summed E-state index contributed by atoms with van der Waals surface area (Å²) >= 11 is 1.75. The summed E-state index contributed by atoms with van der Waals surface area (Å²) in [7, 11) is 1.77. The molecule has 2 aromatic rings. The molecule has 0 atom stereocenters. The Kier molecular flexibility index (Phi) is 5.37. The van der Waals surface area contributed by atoms with Crippen LogP contribution in [-0.2, 0) is 11.8 Å². The van der Waals surface area contributed by atoms with Crippen LogP contribution < -0.4 is 10.6 Å². The number of nitrogens with one attached hydrogen (secondary N) is 2. The quantitative estimate of drug-likeness (QED) is 0.614. The summed E-state index contributed by atoms with van der Waals surface area (Å²) in [6.07, 6.45) is 3.05. The van der Waals surface area contributed by atoms with Gasteiger partial charge in [-0.25, -0.2) is 9.37 Å². The zero-order chi connectivity index (χ0) is 17.9. The zero-order valence-electron chi connectivity index (χ0n) is 15.0. The van der Waals surface area contributed by atoms with E-state index in [-0.39, 0.29) is 11.2 Å². The van der Waals surface area contributed by atoms with E-state index in [4.69, 9.17) is 0 Å². The van der Waals surface area contributed by atoms with E-state index in [1.807, 2.05) is 13.0 Å². The summed E-state index contributed by atoms with van der Waals surface area (Å²) in [6, 6.07) is 6.95. The number of aromatic nitrogens is 1. The van der Waals surface area contributed by atoms with Gasteiger partial charge in [0.25, 0.3) is 0 Å². The molecule has 25 heavy (non-hydrogen) atoms. The highest BCUT2D eigenvalue weighted by atomic mass is 32.1. The second-order valence-corrected chi connectivity index (χ2v) is 7.93. The van der Waals surface area contributed by atoms with Crippen LogP contribution in [0.25, 0.3) is 0 Å². The maximum atomic E-state index is 13.5. The molecule has 1 saturated carbocycles. The topological polar surface area (TPSA) is 49.3 Å². The number of halogens is 1.